The highest BCUT2D eigenvalue weighted by Crippen LogP contribution is 1.94. The number of rotatable bonds is 7. The van der Waals surface area contributed by atoms with Gasteiger partial charge in [0, 0.05) is 5.75 Å². The van der Waals surface area contributed by atoms with E-state index in [1.807, 2.05) is 27.9 Å². The molecule has 0 spiro atoms. The van der Waals surface area contributed by atoms with Crippen LogP contribution in [0.1, 0.15) is 20.3 Å². The predicted molar refractivity (Wildman–Crippen MR) is 65.4 cm³/mol. The molecule has 0 amide bonds. The van der Waals surface area contributed by atoms with Gasteiger partial charge in [-0.2, -0.15) is 0 Å². The normalized spacial score (nSPS) is 10.9. The Morgan fingerprint density at radius 2 is 2.12 bits per heavy atom. The fraction of sp³-hybridized carbons (Fsp3) is 0.545. The van der Waals surface area contributed by atoms with Crippen molar-refractivity contribution in [3.05, 3.63) is 31.4 Å². The van der Waals surface area contributed by atoms with E-state index in [1.54, 1.807) is 6.08 Å². The van der Waals surface area contributed by atoms with E-state index in [-0.39, 0.29) is 13.2 Å². The Labute approximate surface area is 103 Å². The highest BCUT2D eigenvalue weighted by atomic mass is 32.2. The lowest BCUT2D eigenvalue weighted by Crippen LogP contribution is -2.31. The Hall–Kier alpha value is -1.14. The van der Waals surface area contributed by atoms with Gasteiger partial charge in [-0.3, -0.25) is 0 Å². The van der Waals surface area contributed by atoms with Crippen molar-refractivity contribution < 1.29 is 17.5 Å². The monoisotopic (exact) mass is 260 g/mol. The molecule has 0 radical (unpaired) electrons. The van der Waals surface area contributed by atoms with E-state index in [9.17, 15) is 13.0 Å². The minimum atomic E-state index is -4.06. The van der Waals surface area contributed by atoms with Crippen LogP contribution in [0.15, 0.2) is 31.4 Å². The largest absolute Gasteiger partial charge is 0.748 e. The average Bonchev–Trinajstić information content (AvgIpc) is 2.60. The number of imidazole rings is 1. The second kappa shape index (κ2) is 7.24. The van der Waals surface area contributed by atoms with Crippen molar-refractivity contribution in [3.63, 3.8) is 0 Å². The first kappa shape index (κ1) is 15.9. The summed E-state index contributed by atoms with van der Waals surface area (Å²) in [5.74, 6) is -0.277. The molecular formula is C11H20N2O3S. The Kier molecular flexibility index (Phi) is 6.75. The van der Waals surface area contributed by atoms with Crippen LogP contribution in [0, 0.1) is 0 Å². The number of aryl methyl sites for hydroxylation is 1. The summed E-state index contributed by atoms with van der Waals surface area (Å²) in [5.41, 5.74) is 0. The third kappa shape index (κ3) is 6.91. The summed E-state index contributed by atoms with van der Waals surface area (Å²) in [6.45, 7) is 5.11. The molecule has 1 aromatic rings. The molecule has 0 fully saturated rings. The summed E-state index contributed by atoms with van der Waals surface area (Å²) in [5, 5.41) is 0. The first-order valence-electron chi connectivity index (χ1n) is 5.10. The number of aromatic nitrogens is 2. The molecule has 0 bridgehead atoms. The van der Waals surface area contributed by atoms with Gasteiger partial charge in [0.05, 0.1) is 16.7 Å². The van der Waals surface area contributed by atoms with Gasteiger partial charge in [-0.05, 0) is 12.8 Å². The molecule has 0 atom stereocenters. The van der Waals surface area contributed by atoms with Crippen LogP contribution in [0.3, 0.4) is 0 Å². The zero-order valence-electron chi connectivity index (χ0n) is 9.08. The van der Waals surface area contributed by atoms with E-state index in [0.29, 0.717) is 12.8 Å². The van der Waals surface area contributed by atoms with Crippen molar-refractivity contribution in [1.82, 2.24) is 4.57 Å². The van der Waals surface area contributed by atoms with E-state index < -0.39 is 10.1 Å². The van der Waals surface area contributed by atoms with E-state index in [2.05, 4.69) is 6.58 Å². The van der Waals surface area contributed by atoms with Gasteiger partial charge >= 0.3 is 0 Å². The number of nitrogens with zero attached hydrogens (tertiary/aromatic N) is 2. The number of allylic oxidation sites excluding steroid dienone is 1. The van der Waals surface area contributed by atoms with Crippen molar-refractivity contribution in [2.75, 3.05) is 5.75 Å². The minimum Gasteiger partial charge on any atom is -0.748 e. The van der Waals surface area contributed by atoms with Crippen LogP contribution in [0.25, 0.3) is 0 Å². The molecule has 1 aromatic heterocycles. The third-order valence-electron chi connectivity index (χ3n) is 2.15. The van der Waals surface area contributed by atoms with Gasteiger partial charge in [0.1, 0.15) is 18.9 Å². The first-order chi connectivity index (χ1) is 7.51. The second-order valence-corrected chi connectivity index (χ2v) is 5.13. The molecule has 6 heteroatoms. The lowest BCUT2D eigenvalue weighted by Gasteiger charge is -2.04. The summed E-state index contributed by atoms with van der Waals surface area (Å²) in [4.78, 5) is 0. The van der Waals surface area contributed by atoms with Gasteiger partial charge in [0.15, 0.2) is 0 Å². The molecule has 17 heavy (non-hydrogen) atoms. The van der Waals surface area contributed by atoms with Crippen LogP contribution in [0.2, 0.25) is 0 Å². The van der Waals surface area contributed by atoms with Gasteiger partial charge in [-0.1, -0.05) is 20.1 Å². The SMILES string of the molecule is C.C=CCn1cc[n+](CCCCS(=O)(=O)[O-])c1. The standard InChI is InChI=1S/C10H16N2O3S.CH4/c1-2-5-11-7-8-12(10-11)6-3-4-9-16(13,14)15;/h2,7-8,10H,1,3-6,9H2;1H4. The summed E-state index contributed by atoms with van der Waals surface area (Å²) < 4.78 is 35.0. The zero-order valence-corrected chi connectivity index (χ0v) is 9.90. The molecule has 0 aliphatic rings. The highest BCUT2D eigenvalue weighted by molar-refractivity contribution is 7.85. The zero-order chi connectivity index (χ0) is 12.0. The fourth-order valence-corrected chi connectivity index (χ4v) is 1.96. The maximum Gasteiger partial charge on any atom is 0.244 e. The van der Waals surface area contributed by atoms with Crippen LogP contribution in [0.4, 0.5) is 0 Å². The van der Waals surface area contributed by atoms with Crippen molar-refractivity contribution in [1.29, 1.82) is 0 Å². The molecule has 1 rings (SSSR count). The van der Waals surface area contributed by atoms with Crippen LogP contribution < -0.4 is 4.57 Å². The summed E-state index contributed by atoms with van der Waals surface area (Å²) in [6, 6.07) is 0. The molecule has 0 aliphatic carbocycles. The quantitative estimate of drug-likeness (QED) is 0.317. The predicted octanol–water partition coefficient (Wildman–Crippen LogP) is 0.923. The molecule has 0 unspecified atom stereocenters. The number of hydrogen-bond acceptors (Lipinski definition) is 3. The van der Waals surface area contributed by atoms with Crippen molar-refractivity contribution in [3.8, 4) is 0 Å². The topological polar surface area (TPSA) is 66.0 Å². The van der Waals surface area contributed by atoms with Crippen molar-refractivity contribution in [2.24, 2.45) is 0 Å². The van der Waals surface area contributed by atoms with Gasteiger partial charge in [-0.15, -0.1) is 0 Å². The maximum absolute atomic E-state index is 10.4. The molecule has 1 heterocycles. The molecule has 0 aromatic carbocycles. The molecule has 0 saturated heterocycles. The van der Waals surface area contributed by atoms with Gasteiger partial charge in [0.25, 0.3) is 0 Å². The Bertz CT molecular complexity index is 437. The van der Waals surface area contributed by atoms with Gasteiger partial charge in [0.2, 0.25) is 6.33 Å². The second-order valence-electron chi connectivity index (χ2n) is 3.61. The van der Waals surface area contributed by atoms with E-state index >= 15 is 0 Å². The molecule has 98 valence electrons. The summed E-state index contributed by atoms with van der Waals surface area (Å²) >= 11 is 0. The smallest absolute Gasteiger partial charge is 0.244 e. The Morgan fingerprint density at radius 3 is 2.71 bits per heavy atom. The summed E-state index contributed by atoms with van der Waals surface area (Å²) in [6.07, 6.45) is 8.65. The molecule has 0 N–H and O–H groups in total. The van der Waals surface area contributed by atoms with Crippen LogP contribution in [0.5, 0.6) is 0 Å². The lowest BCUT2D eigenvalue weighted by atomic mass is 10.3. The number of hydrogen-bond donors (Lipinski definition) is 0. The van der Waals surface area contributed by atoms with Crippen molar-refractivity contribution in [2.45, 2.75) is 33.4 Å². The van der Waals surface area contributed by atoms with Crippen LogP contribution >= 0.6 is 0 Å². The molecular weight excluding hydrogens is 240 g/mol. The molecule has 0 aliphatic heterocycles. The summed E-state index contributed by atoms with van der Waals surface area (Å²) in [7, 11) is -4.06. The Balaban J connectivity index is 0.00000256. The van der Waals surface area contributed by atoms with Gasteiger partial charge in [-0.25, -0.2) is 17.6 Å². The lowest BCUT2D eigenvalue weighted by molar-refractivity contribution is -0.696. The highest BCUT2D eigenvalue weighted by Gasteiger charge is 2.02. The number of unbranched alkanes of at least 4 members (excludes halogenated alkanes) is 1. The van der Waals surface area contributed by atoms with E-state index in [1.165, 1.54) is 0 Å². The van der Waals surface area contributed by atoms with Crippen LogP contribution in [-0.4, -0.2) is 23.3 Å². The molecule has 0 saturated carbocycles. The first-order valence-corrected chi connectivity index (χ1v) is 6.68. The van der Waals surface area contributed by atoms with E-state index in [4.69, 9.17) is 0 Å². The van der Waals surface area contributed by atoms with Crippen molar-refractivity contribution >= 4 is 10.1 Å². The van der Waals surface area contributed by atoms with Gasteiger partial charge < -0.3 is 4.55 Å². The minimum absolute atomic E-state index is 0. The molecule has 5 nitrogen and oxygen atoms in total. The fourth-order valence-electron chi connectivity index (χ4n) is 1.40. The van der Waals surface area contributed by atoms with Crippen LogP contribution in [-0.2, 0) is 23.2 Å². The maximum atomic E-state index is 10.4. The van der Waals surface area contributed by atoms with E-state index in [0.717, 1.165) is 13.1 Å². The Morgan fingerprint density at radius 1 is 1.41 bits per heavy atom. The average molecular weight is 260 g/mol. The third-order valence-corrected chi connectivity index (χ3v) is 2.94.